The van der Waals surface area contributed by atoms with Crippen molar-refractivity contribution < 1.29 is 9.18 Å². The monoisotopic (exact) mass is 257 g/mol. The highest BCUT2D eigenvalue weighted by molar-refractivity contribution is 6.01. The van der Waals surface area contributed by atoms with E-state index < -0.39 is 0 Å². The van der Waals surface area contributed by atoms with Gasteiger partial charge in [0.15, 0.2) is 5.78 Å². The normalized spacial score (nSPS) is 12.2. The van der Waals surface area contributed by atoms with Gasteiger partial charge in [-0.15, -0.1) is 0 Å². The van der Waals surface area contributed by atoms with E-state index >= 15 is 0 Å². The zero-order valence-electron chi connectivity index (χ0n) is 10.8. The van der Waals surface area contributed by atoms with Crippen molar-refractivity contribution in [1.29, 1.82) is 0 Å². The summed E-state index contributed by atoms with van der Waals surface area (Å²) in [5.74, 6) is -0.761. The van der Waals surface area contributed by atoms with E-state index in [1.165, 1.54) is 12.1 Å². The number of hydrogen-bond acceptors (Lipinski definition) is 2. The minimum absolute atomic E-state index is 0.0724. The predicted octanol–water partition coefficient (Wildman–Crippen LogP) is 3.06. The average Bonchev–Trinajstić information content (AvgIpc) is 2.44. The van der Waals surface area contributed by atoms with E-state index in [0.29, 0.717) is 11.1 Å². The van der Waals surface area contributed by atoms with Crippen molar-refractivity contribution in [2.24, 2.45) is 5.73 Å². The molecule has 3 heteroatoms. The van der Waals surface area contributed by atoms with Crippen molar-refractivity contribution in [3.8, 4) is 0 Å². The van der Waals surface area contributed by atoms with Gasteiger partial charge in [-0.2, -0.15) is 0 Å². The Hall–Kier alpha value is -2.00. The molecule has 1 unspecified atom stereocenters. The molecule has 2 N–H and O–H groups in total. The Labute approximate surface area is 112 Å². The molecule has 2 nitrogen and oxygen atoms in total. The maximum absolute atomic E-state index is 13.2. The fraction of sp³-hybridized carbons (Fsp3) is 0.188. The number of carbonyl (C=O) groups is 1. The van der Waals surface area contributed by atoms with Crippen LogP contribution in [-0.2, 0) is 0 Å². The van der Waals surface area contributed by atoms with Crippen molar-refractivity contribution in [2.75, 3.05) is 6.54 Å². The van der Waals surface area contributed by atoms with Crippen molar-refractivity contribution in [2.45, 2.75) is 12.8 Å². The molecule has 0 fully saturated rings. The standard InChI is InChI=1S/C16H16FNO/c1-11-9-13(7-8-15(11)17)16(19)14(10-18)12-5-3-2-4-6-12/h2-9,14H,10,18H2,1H3. The van der Waals surface area contributed by atoms with Gasteiger partial charge < -0.3 is 5.73 Å². The fourth-order valence-electron chi connectivity index (χ4n) is 2.08. The molecule has 98 valence electrons. The molecule has 0 saturated carbocycles. The smallest absolute Gasteiger partial charge is 0.171 e. The van der Waals surface area contributed by atoms with E-state index in [4.69, 9.17) is 5.73 Å². The van der Waals surface area contributed by atoms with E-state index in [9.17, 15) is 9.18 Å². The Morgan fingerprint density at radius 2 is 1.89 bits per heavy atom. The number of hydrogen-bond donors (Lipinski definition) is 1. The van der Waals surface area contributed by atoms with Gasteiger partial charge in [0.1, 0.15) is 5.82 Å². The molecule has 0 aliphatic rings. The largest absolute Gasteiger partial charge is 0.329 e. The van der Waals surface area contributed by atoms with Crippen LogP contribution in [0, 0.1) is 12.7 Å². The highest BCUT2D eigenvalue weighted by atomic mass is 19.1. The quantitative estimate of drug-likeness (QED) is 0.855. The van der Waals surface area contributed by atoms with E-state index in [1.807, 2.05) is 30.3 Å². The van der Waals surface area contributed by atoms with Gasteiger partial charge >= 0.3 is 0 Å². The molecule has 0 aliphatic carbocycles. The number of aryl methyl sites for hydroxylation is 1. The highest BCUT2D eigenvalue weighted by Crippen LogP contribution is 2.21. The topological polar surface area (TPSA) is 43.1 Å². The second-order valence-corrected chi connectivity index (χ2v) is 4.53. The van der Waals surface area contributed by atoms with Crippen LogP contribution in [-0.4, -0.2) is 12.3 Å². The van der Waals surface area contributed by atoms with Gasteiger partial charge in [0.25, 0.3) is 0 Å². The van der Waals surface area contributed by atoms with Crippen LogP contribution in [0.3, 0.4) is 0 Å². The van der Waals surface area contributed by atoms with Crippen LogP contribution in [0.4, 0.5) is 4.39 Å². The first-order valence-corrected chi connectivity index (χ1v) is 6.19. The molecule has 0 saturated heterocycles. The summed E-state index contributed by atoms with van der Waals surface area (Å²) in [6.07, 6.45) is 0. The van der Waals surface area contributed by atoms with Crippen LogP contribution in [0.25, 0.3) is 0 Å². The van der Waals surface area contributed by atoms with Crippen molar-refractivity contribution in [3.05, 3.63) is 71.0 Å². The van der Waals surface area contributed by atoms with Crippen LogP contribution in [0.2, 0.25) is 0 Å². The molecule has 0 bridgehead atoms. The molecule has 0 spiro atoms. The van der Waals surface area contributed by atoms with E-state index in [-0.39, 0.29) is 24.1 Å². The van der Waals surface area contributed by atoms with Crippen LogP contribution in [0.15, 0.2) is 48.5 Å². The van der Waals surface area contributed by atoms with Gasteiger partial charge in [0.05, 0.1) is 5.92 Å². The summed E-state index contributed by atoms with van der Waals surface area (Å²) in [4.78, 5) is 12.4. The lowest BCUT2D eigenvalue weighted by molar-refractivity contribution is 0.0962. The third-order valence-corrected chi connectivity index (χ3v) is 3.20. The molecule has 0 aromatic heterocycles. The summed E-state index contributed by atoms with van der Waals surface area (Å²) in [5, 5.41) is 0. The third kappa shape index (κ3) is 2.88. The SMILES string of the molecule is Cc1cc(C(=O)C(CN)c2ccccc2)ccc1F. The number of halogens is 1. The molecule has 0 radical (unpaired) electrons. The van der Waals surface area contributed by atoms with Gasteiger partial charge in [0.2, 0.25) is 0 Å². The second-order valence-electron chi connectivity index (χ2n) is 4.53. The predicted molar refractivity (Wildman–Crippen MR) is 73.7 cm³/mol. The van der Waals surface area contributed by atoms with E-state index in [2.05, 4.69) is 0 Å². The maximum Gasteiger partial charge on any atom is 0.171 e. The Kier molecular flexibility index (Phi) is 4.07. The number of ketones is 1. The number of benzene rings is 2. The lowest BCUT2D eigenvalue weighted by atomic mass is 9.90. The maximum atomic E-state index is 13.2. The Morgan fingerprint density at radius 3 is 2.47 bits per heavy atom. The minimum Gasteiger partial charge on any atom is -0.329 e. The lowest BCUT2D eigenvalue weighted by Crippen LogP contribution is -2.22. The van der Waals surface area contributed by atoms with E-state index in [0.717, 1.165) is 5.56 Å². The van der Waals surface area contributed by atoms with Crippen molar-refractivity contribution >= 4 is 5.78 Å². The first-order chi connectivity index (χ1) is 9.13. The molecule has 2 aromatic rings. The zero-order chi connectivity index (χ0) is 13.8. The minimum atomic E-state index is -0.383. The van der Waals surface area contributed by atoms with Crippen LogP contribution >= 0.6 is 0 Å². The molecule has 1 atom stereocenters. The lowest BCUT2D eigenvalue weighted by Gasteiger charge is -2.14. The Balaban J connectivity index is 2.33. The van der Waals surface area contributed by atoms with Gasteiger partial charge in [-0.3, -0.25) is 4.79 Å². The molecule has 0 amide bonds. The number of nitrogens with two attached hydrogens (primary N) is 1. The first-order valence-electron chi connectivity index (χ1n) is 6.19. The summed E-state index contributed by atoms with van der Waals surface area (Å²) >= 11 is 0. The van der Waals surface area contributed by atoms with Crippen LogP contribution in [0.1, 0.15) is 27.4 Å². The number of rotatable bonds is 4. The van der Waals surface area contributed by atoms with E-state index in [1.54, 1.807) is 13.0 Å². The molecule has 2 aromatic carbocycles. The number of carbonyl (C=O) groups excluding carboxylic acids is 1. The van der Waals surface area contributed by atoms with Crippen LogP contribution in [0.5, 0.6) is 0 Å². The fourth-order valence-corrected chi connectivity index (χ4v) is 2.08. The highest BCUT2D eigenvalue weighted by Gasteiger charge is 2.20. The summed E-state index contributed by atoms with van der Waals surface area (Å²) in [5.41, 5.74) is 7.57. The Morgan fingerprint density at radius 1 is 1.21 bits per heavy atom. The summed E-state index contributed by atoms with van der Waals surface area (Å²) in [6, 6.07) is 13.8. The average molecular weight is 257 g/mol. The van der Waals surface area contributed by atoms with Gasteiger partial charge in [-0.1, -0.05) is 30.3 Å². The summed E-state index contributed by atoms with van der Waals surface area (Å²) < 4.78 is 13.2. The summed E-state index contributed by atoms with van der Waals surface area (Å²) in [6.45, 7) is 1.88. The van der Waals surface area contributed by atoms with Gasteiger partial charge in [-0.05, 0) is 36.2 Å². The number of Topliss-reactive ketones (excluding diaryl/α,β-unsaturated/α-hetero) is 1. The second kappa shape index (κ2) is 5.76. The van der Waals surface area contributed by atoms with Crippen molar-refractivity contribution in [1.82, 2.24) is 0 Å². The van der Waals surface area contributed by atoms with Gasteiger partial charge in [-0.25, -0.2) is 4.39 Å². The molecule has 2 rings (SSSR count). The molecular formula is C16H16FNO. The van der Waals surface area contributed by atoms with Crippen LogP contribution < -0.4 is 5.73 Å². The molecular weight excluding hydrogens is 241 g/mol. The van der Waals surface area contributed by atoms with Gasteiger partial charge in [0, 0.05) is 12.1 Å². The Bertz CT molecular complexity index is 581. The zero-order valence-corrected chi connectivity index (χ0v) is 10.8. The molecule has 0 heterocycles. The molecule has 0 aliphatic heterocycles. The van der Waals surface area contributed by atoms with Crippen molar-refractivity contribution in [3.63, 3.8) is 0 Å². The summed E-state index contributed by atoms with van der Waals surface area (Å²) in [7, 11) is 0. The first kappa shape index (κ1) is 13.4. The molecule has 19 heavy (non-hydrogen) atoms. The third-order valence-electron chi connectivity index (χ3n) is 3.20.